The predicted octanol–water partition coefficient (Wildman–Crippen LogP) is 2.54. The van der Waals surface area contributed by atoms with E-state index in [9.17, 15) is 9.59 Å². The second-order valence-electron chi connectivity index (χ2n) is 4.27. The van der Waals surface area contributed by atoms with Gasteiger partial charge in [-0.2, -0.15) is 0 Å². The summed E-state index contributed by atoms with van der Waals surface area (Å²) in [6.45, 7) is 3.55. The Bertz CT molecular complexity index is 302. The van der Waals surface area contributed by atoms with Gasteiger partial charge in [-0.15, -0.1) is 0 Å². The molecule has 1 saturated carbocycles. The summed E-state index contributed by atoms with van der Waals surface area (Å²) in [4.78, 5) is 22.5. The number of hydrogen-bond donors (Lipinski definition) is 0. The van der Waals surface area contributed by atoms with Crippen molar-refractivity contribution in [3.63, 3.8) is 0 Å². The Morgan fingerprint density at radius 1 is 0.833 bits per heavy atom. The molecule has 0 radical (unpaired) electrons. The first-order valence-corrected chi connectivity index (χ1v) is 6.32. The number of allylic oxidation sites excluding steroid dienone is 2. The van der Waals surface area contributed by atoms with Crippen LogP contribution in [-0.2, 0) is 19.1 Å². The van der Waals surface area contributed by atoms with Crippen LogP contribution in [0.1, 0.15) is 39.5 Å². The molecule has 0 unspecified atom stereocenters. The van der Waals surface area contributed by atoms with Crippen molar-refractivity contribution in [1.82, 2.24) is 0 Å². The zero-order valence-electron chi connectivity index (χ0n) is 10.9. The Balaban J connectivity index is 2.28. The zero-order chi connectivity index (χ0) is 13.4. The molecule has 0 aromatic rings. The number of esters is 2. The summed E-state index contributed by atoms with van der Waals surface area (Å²) in [6.07, 6.45) is 9.04. The quantitative estimate of drug-likeness (QED) is 0.570. The highest BCUT2D eigenvalue weighted by Crippen LogP contribution is 2.23. The molecular formula is C14H20O4. The maximum atomic E-state index is 11.3. The Kier molecular flexibility index (Phi) is 6.19. The van der Waals surface area contributed by atoms with Gasteiger partial charge < -0.3 is 9.47 Å². The molecule has 0 spiro atoms. The van der Waals surface area contributed by atoms with Gasteiger partial charge in [0.25, 0.3) is 0 Å². The Labute approximate surface area is 108 Å². The highest BCUT2D eigenvalue weighted by Gasteiger charge is 2.25. The molecule has 1 fully saturated rings. The lowest BCUT2D eigenvalue weighted by Crippen LogP contribution is -2.29. The number of ether oxygens (including phenoxy) is 2. The van der Waals surface area contributed by atoms with E-state index in [-0.39, 0.29) is 24.1 Å². The molecule has 4 heteroatoms. The van der Waals surface area contributed by atoms with Crippen LogP contribution >= 0.6 is 0 Å². The van der Waals surface area contributed by atoms with Crippen LogP contribution in [0.5, 0.6) is 0 Å². The molecule has 18 heavy (non-hydrogen) atoms. The van der Waals surface area contributed by atoms with Gasteiger partial charge in [-0.1, -0.05) is 12.2 Å². The van der Waals surface area contributed by atoms with E-state index in [1.807, 2.05) is 0 Å². The highest BCUT2D eigenvalue weighted by atomic mass is 16.6. The van der Waals surface area contributed by atoms with Crippen molar-refractivity contribution in [1.29, 1.82) is 0 Å². The summed E-state index contributed by atoms with van der Waals surface area (Å²) >= 11 is 0. The molecule has 0 aromatic carbocycles. The molecule has 0 aliphatic heterocycles. The van der Waals surface area contributed by atoms with Crippen LogP contribution < -0.4 is 0 Å². The van der Waals surface area contributed by atoms with Gasteiger partial charge in [0.1, 0.15) is 12.2 Å². The van der Waals surface area contributed by atoms with Crippen molar-refractivity contribution in [2.75, 3.05) is 0 Å². The van der Waals surface area contributed by atoms with E-state index in [4.69, 9.17) is 9.47 Å². The summed E-state index contributed by atoms with van der Waals surface area (Å²) in [5.41, 5.74) is 0. The lowest BCUT2D eigenvalue weighted by molar-refractivity contribution is -0.151. The Morgan fingerprint density at radius 2 is 1.17 bits per heavy atom. The Morgan fingerprint density at radius 3 is 1.44 bits per heavy atom. The van der Waals surface area contributed by atoms with Crippen LogP contribution in [0.25, 0.3) is 0 Å². The smallest absolute Gasteiger partial charge is 0.330 e. The highest BCUT2D eigenvalue weighted by molar-refractivity contribution is 5.82. The molecule has 100 valence electrons. The molecule has 0 amide bonds. The van der Waals surface area contributed by atoms with Crippen molar-refractivity contribution in [3.8, 4) is 0 Å². The minimum Gasteiger partial charge on any atom is -0.459 e. The van der Waals surface area contributed by atoms with Crippen LogP contribution in [0.2, 0.25) is 0 Å². The molecule has 0 aromatic heterocycles. The third kappa shape index (κ3) is 5.17. The van der Waals surface area contributed by atoms with Crippen LogP contribution in [0, 0.1) is 0 Å². The van der Waals surface area contributed by atoms with E-state index in [0.29, 0.717) is 0 Å². The van der Waals surface area contributed by atoms with Crippen molar-refractivity contribution >= 4 is 11.9 Å². The maximum absolute atomic E-state index is 11.3. The monoisotopic (exact) mass is 252 g/mol. The van der Waals surface area contributed by atoms with Gasteiger partial charge in [0.05, 0.1) is 0 Å². The average molecular weight is 252 g/mol. The summed E-state index contributed by atoms with van der Waals surface area (Å²) in [6, 6.07) is 0. The number of rotatable bonds is 4. The van der Waals surface area contributed by atoms with Gasteiger partial charge in [-0.05, 0) is 39.5 Å². The third-order valence-electron chi connectivity index (χ3n) is 2.79. The Hall–Kier alpha value is -1.58. The first-order valence-electron chi connectivity index (χ1n) is 6.32. The molecule has 1 aliphatic rings. The first-order chi connectivity index (χ1) is 8.65. The third-order valence-corrected chi connectivity index (χ3v) is 2.79. The predicted molar refractivity (Wildman–Crippen MR) is 67.9 cm³/mol. The standard InChI is InChI=1S/C14H20O4/c1-3-5-13(15)17-11-7-9-12(10-8-11)18-14(16)6-4-2/h3-6,11-12H,7-10H2,1-2H3. The molecule has 4 nitrogen and oxygen atoms in total. The van der Waals surface area contributed by atoms with Crippen LogP contribution in [0.4, 0.5) is 0 Å². The van der Waals surface area contributed by atoms with Gasteiger partial charge in [0, 0.05) is 12.2 Å². The fourth-order valence-electron chi connectivity index (χ4n) is 1.95. The van der Waals surface area contributed by atoms with Crippen LogP contribution in [0.3, 0.4) is 0 Å². The number of carbonyl (C=O) groups is 2. The minimum atomic E-state index is -0.299. The summed E-state index contributed by atoms with van der Waals surface area (Å²) in [7, 11) is 0. The van der Waals surface area contributed by atoms with Gasteiger partial charge in [-0.25, -0.2) is 9.59 Å². The van der Waals surface area contributed by atoms with Gasteiger partial charge in [0.15, 0.2) is 0 Å². The average Bonchev–Trinajstić information content (AvgIpc) is 2.32. The van der Waals surface area contributed by atoms with Crippen molar-refractivity contribution in [2.24, 2.45) is 0 Å². The summed E-state index contributed by atoms with van der Waals surface area (Å²) < 4.78 is 10.5. The first kappa shape index (κ1) is 14.5. The SMILES string of the molecule is CC=CC(=O)OC1CCC(OC(=O)C=CC)CC1. The molecule has 0 atom stereocenters. The van der Waals surface area contributed by atoms with Crippen LogP contribution in [0.15, 0.2) is 24.3 Å². The van der Waals surface area contributed by atoms with E-state index in [0.717, 1.165) is 25.7 Å². The molecule has 1 aliphatic carbocycles. The largest absolute Gasteiger partial charge is 0.459 e. The molecular weight excluding hydrogens is 232 g/mol. The molecule has 1 rings (SSSR count). The molecule has 0 heterocycles. The van der Waals surface area contributed by atoms with E-state index in [2.05, 4.69) is 0 Å². The van der Waals surface area contributed by atoms with Crippen LogP contribution in [-0.4, -0.2) is 24.1 Å². The van der Waals surface area contributed by atoms with Crippen molar-refractivity contribution in [2.45, 2.75) is 51.7 Å². The molecule has 0 bridgehead atoms. The lowest BCUT2D eigenvalue weighted by atomic mass is 9.95. The molecule has 0 saturated heterocycles. The van der Waals surface area contributed by atoms with E-state index < -0.39 is 0 Å². The second kappa shape index (κ2) is 7.69. The van der Waals surface area contributed by atoms with Gasteiger partial charge in [0.2, 0.25) is 0 Å². The summed E-state index contributed by atoms with van der Waals surface area (Å²) in [5.74, 6) is -0.598. The number of carbonyl (C=O) groups excluding carboxylic acids is 2. The van der Waals surface area contributed by atoms with Gasteiger partial charge >= 0.3 is 11.9 Å². The van der Waals surface area contributed by atoms with Gasteiger partial charge in [-0.3, -0.25) is 0 Å². The minimum absolute atomic E-state index is 0.0506. The summed E-state index contributed by atoms with van der Waals surface area (Å²) in [5, 5.41) is 0. The number of hydrogen-bond acceptors (Lipinski definition) is 4. The second-order valence-corrected chi connectivity index (χ2v) is 4.27. The van der Waals surface area contributed by atoms with E-state index in [1.54, 1.807) is 26.0 Å². The fourth-order valence-corrected chi connectivity index (χ4v) is 1.95. The normalized spacial score (nSPS) is 24.3. The van der Waals surface area contributed by atoms with E-state index >= 15 is 0 Å². The van der Waals surface area contributed by atoms with E-state index in [1.165, 1.54) is 12.2 Å². The maximum Gasteiger partial charge on any atom is 0.330 e. The van der Waals surface area contributed by atoms with Crippen molar-refractivity contribution in [3.05, 3.63) is 24.3 Å². The van der Waals surface area contributed by atoms with Crippen molar-refractivity contribution < 1.29 is 19.1 Å². The molecule has 0 N–H and O–H groups in total. The zero-order valence-corrected chi connectivity index (χ0v) is 10.9. The lowest BCUT2D eigenvalue weighted by Gasteiger charge is -2.27. The fraction of sp³-hybridized carbons (Fsp3) is 0.571. The topological polar surface area (TPSA) is 52.6 Å².